The molecule has 9 heteroatoms. The van der Waals surface area contributed by atoms with Crippen molar-refractivity contribution in [3.8, 4) is 0 Å². The molecule has 0 aliphatic heterocycles. The Kier molecular flexibility index (Phi) is 7.45. The molecule has 164 valence electrons. The number of benzene rings is 2. The summed E-state index contributed by atoms with van der Waals surface area (Å²) in [6.07, 6.45) is 1.42. The van der Waals surface area contributed by atoms with E-state index in [0.29, 0.717) is 27.1 Å². The largest absolute Gasteiger partial charge is 0.363 e. The van der Waals surface area contributed by atoms with Gasteiger partial charge in [0, 0.05) is 43.5 Å². The molecule has 3 rings (SSSR count). The molecule has 3 aromatic rings. The molecule has 0 radical (unpaired) electrons. The van der Waals surface area contributed by atoms with Crippen molar-refractivity contribution in [3.05, 3.63) is 87.5 Å². The number of aliphatic imine (C=N–C) groups is 1. The molecular weight excluding hydrogens is 449 g/mol. The third-order valence-electron chi connectivity index (χ3n) is 4.48. The Morgan fingerprint density at radius 3 is 2.12 bits per heavy atom. The molecule has 0 saturated heterocycles. The summed E-state index contributed by atoms with van der Waals surface area (Å²) in [6, 6.07) is 14.9. The lowest BCUT2D eigenvalue weighted by Crippen LogP contribution is -2.23. The summed E-state index contributed by atoms with van der Waals surface area (Å²) in [4.78, 5) is 35.8. The van der Waals surface area contributed by atoms with Crippen molar-refractivity contribution in [1.82, 2.24) is 9.88 Å². The number of nitrogens with one attached hydrogen (secondary N) is 2. The average molecular weight is 470 g/mol. The first-order valence-electron chi connectivity index (χ1n) is 9.57. The second-order valence-corrected chi connectivity index (χ2v) is 7.85. The molecular formula is C23H21Cl2N5O2. The average Bonchev–Trinajstić information content (AvgIpc) is 2.77. The van der Waals surface area contributed by atoms with Crippen LogP contribution in [-0.4, -0.2) is 48.7 Å². The van der Waals surface area contributed by atoms with Gasteiger partial charge in [-0.2, -0.15) is 0 Å². The van der Waals surface area contributed by atoms with Gasteiger partial charge in [0.2, 0.25) is 0 Å². The first-order valence-corrected chi connectivity index (χ1v) is 10.3. The van der Waals surface area contributed by atoms with Gasteiger partial charge in [0.05, 0.1) is 16.3 Å². The first kappa shape index (κ1) is 23.2. The standard InChI is InChI=1S/C23H21Cl2N5O2/c1-26-21(30(2)3)14-4-6-15(7-5-14)22(31)28-19-10-8-16(24)12-18(19)23(32)29-20-11-9-17(25)13-27-20/h4-13H,1-3H3,(H,28,31)(H,27,29,32)/b26-21-. The van der Waals surface area contributed by atoms with Crippen molar-refractivity contribution in [2.45, 2.75) is 0 Å². The van der Waals surface area contributed by atoms with Gasteiger partial charge >= 0.3 is 0 Å². The van der Waals surface area contributed by atoms with Crippen LogP contribution in [0.4, 0.5) is 11.5 Å². The fourth-order valence-corrected chi connectivity index (χ4v) is 3.28. The van der Waals surface area contributed by atoms with E-state index in [1.807, 2.05) is 31.1 Å². The van der Waals surface area contributed by atoms with Crippen molar-refractivity contribution in [3.63, 3.8) is 0 Å². The molecule has 7 nitrogen and oxygen atoms in total. The zero-order valence-corrected chi connectivity index (χ0v) is 19.2. The Hall–Kier alpha value is -3.42. The Morgan fingerprint density at radius 2 is 1.53 bits per heavy atom. The Bertz CT molecular complexity index is 1160. The number of aromatic nitrogens is 1. The number of pyridine rings is 1. The van der Waals surface area contributed by atoms with Gasteiger partial charge in [0.15, 0.2) is 0 Å². The minimum atomic E-state index is -0.470. The highest BCUT2D eigenvalue weighted by molar-refractivity contribution is 6.31. The van der Waals surface area contributed by atoms with E-state index in [9.17, 15) is 9.59 Å². The van der Waals surface area contributed by atoms with E-state index in [0.717, 1.165) is 11.4 Å². The van der Waals surface area contributed by atoms with E-state index in [-0.39, 0.29) is 11.5 Å². The maximum absolute atomic E-state index is 12.8. The van der Waals surface area contributed by atoms with Crippen LogP contribution in [0.15, 0.2) is 65.8 Å². The quantitative estimate of drug-likeness (QED) is 0.413. The summed E-state index contributed by atoms with van der Waals surface area (Å²) in [6.45, 7) is 0. The third kappa shape index (κ3) is 5.63. The van der Waals surface area contributed by atoms with Crippen molar-refractivity contribution < 1.29 is 9.59 Å². The monoisotopic (exact) mass is 469 g/mol. The van der Waals surface area contributed by atoms with E-state index in [1.54, 1.807) is 43.4 Å². The molecule has 2 aromatic carbocycles. The van der Waals surface area contributed by atoms with Gasteiger partial charge in [-0.3, -0.25) is 14.6 Å². The molecule has 0 bridgehead atoms. The zero-order chi connectivity index (χ0) is 23.3. The number of hydrogen-bond donors (Lipinski definition) is 2. The molecule has 1 aromatic heterocycles. The number of amides is 2. The van der Waals surface area contributed by atoms with Crippen molar-refractivity contribution in [2.75, 3.05) is 31.8 Å². The van der Waals surface area contributed by atoms with Crippen LogP contribution in [0.3, 0.4) is 0 Å². The fraction of sp³-hybridized carbons (Fsp3) is 0.130. The zero-order valence-electron chi connectivity index (χ0n) is 17.7. The number of amidine groups is 1. The molecule has 0 aliphatic rings. The predicted molar refractivity (Wildman–Crippen MR) is 129 cm³/mol. The summed E-state index contributed by atoms with van der Waals surface area (Å²) >= 11 is 11.9. The first-order chi connectivity index (χ1) is 15.3. The molecule has 0 unspecified atom stereocenters. The molecule has 2 N–H and O–H groups in total. The molecule has 0 aliphatic carbocycles. The van der Waals surface area contributed by atoms with Crippen LogP contribution >= 0.6 is 23.2 Å². The van der Waals surface area contributed by atoms with Crippen molar-refractivity contribution >= 4 is 52.4 Å². The van der Waals surface area contributed by atoms with E-state index < -0.39 is 5.91 Å². The van der Waals surface area contributed by atoms with Gasteiger partial charge in [0.25, 0.3) is 11.8 Å². The Labute approximate surface area is 196 Å². The lowest BCUT2D eigenvalue weighted by atomic mass is 10.1. The molecule has 1 heterocycles. The molecule has 2 amide bonds. The normalized spacial score (nSPS) is 11.1. The highest BCUT2D eigenvalue weighted by Crippen LogP contribution is 2.23. The van der Waals surface area contributed by atoms with Crippen LogP contribution in [0.1, 0.15) is 26.3 Å². The van der Waals surface area contributed by atoms with Crippen LogP contribution in [0, 0.1) is 0 Å². The highest BCUT2D eigenvalue weighted by atomic mass is 35.5. The SMILES string of the molecule is C/N=C(/c1ccc(C(=O)Nc2ccc(Cl)cc2C(=O)Nc2ccc(Cl)cn2)cc1)N(C)C. The maximum atomic E-state index is 12.8. The Morgan fingerprint density at radius 1 is 0.875 bits per heavy atom. The van der Waals surface area contributed by atoms with Crippen LogP contribution in [0.2, 0.25) is 10.0 Å². The highest BCUT2D eigenvalue weighted by Gasteiger charge is 2.16. The summed E-state index contributed by atoms with van der Waals surface area (Å²) < 4.78 is 0. The minimum Gasteiger partial charge on any atom is -0.363 e. The van der Waals surface area contributed by atoms with Crippen LogP contribution in [0.25, 0.3) is 0 Å². The van der Waals surface area contributed by atoms with Gasteiger partial charge in [-0.05, 0) is 42.5 Å². The van der Waals surface area contributed by atoms with Crippen molar-refractivity contribution in [2.24, 2.45) is 4.99 Å². The number of anilines is 2. The molecule has 32 heavy (non-hydrogen) atoms. The smallest absolute Gasteiger partial charge is 0.258 e. The van der Waals surface area contributed by atoms with Gasteiger partial charge in [-0.25, -0.2) is 4.98 Å². The van der Waals surface area contributed by atoms with Crippen molar-refractivity contribution in [1.29, 1.82) is 0 Å². The number of halogens is 2. The van der Waals surface area contributed by atoms with E-state index in [1.165, 1.54) is 12.3 Å². The second-order valence-electron chi connectivity index (χ2n) is 6.98. The minimum absolute atomic E-state index is 0.201. The summed E-state index contributed by atoms with van der Waals surface area (Å²) in [7, 11) is 5.51. The van der Waals surface area contributed by atoms with E-state index in [4.69, 9.17) is 23.2 Å². The fourth-order valence-electron chi connectivity index (χ4n) is 3.00. The van der Waals surface area contributed by atoms with Crippen LogP contribution < -0.4 is 10.6 Å². The summed E-state index contributed by atoms with van der Waals surface area (Å²) in [5.41, 5.74) is 1.84. The topological polar surface area (TPSA) is 86.7 Å². The summed E-state index contributed by atoms with van der Waals surface area (Å²) in [5, 5.41) is 6.25. The lowest BCUT2D eigenvalue weighted by Gasteiger charge is -2.16. The van der Waals surface area contributed by atoms with Gasteiger partial charge in [0.1, 0.15) is 11.7 Å². The van der Waals surface area contributed by atoms with Gasteiger partial charge < -0.3 is 15.5 Å². The van der Waals surface area contributed by atoms with E-state index in [2.05, 4.69) is 20.6 Å². The summed E-state index contributed by atoms with van der Waals surface area (Å²) in [5.74, 6) is 0.283. The van der Waals surface area contributed by atoms with E-state index >= 15 is 0 Å². The predicted octanol–water partition coefficient (Wildman–Crippen LogP) is 4.83. The number of rotatable bonds is 5. The van der Waals surface area contributed by atoms with Crippen LogP contribution in [0.5, 0.6) is 0 Å². The molecule has 0 fully saturated rings. The maximum Gasteiger partial charge on any atom is 0.258 e. The number of nitrogens with zero attached hydrogens (tertiary/aromatic N) is 3. The number of hydrogen-bond acceptors (Lipinski definition) is 4. The number of carbonyl (C=O) groups is 2. The molecule has 0 saturated carbocycles. The van der Waals surface area contributed by atoms with Gasteiger partial charge in [-0.1, -0.05) is 35.3 Å². The molecule has 0 spiro atoms. The van der Waals surface area contributed by atoms with Gasteiger partial charge in [-0.15, -0.1) is 0 Å². The Balaban J connectivity index is 1.80. The third-order valence-corrected chi connectivity index (χ3v) is 4.94. The number of carbonyl (C=O) groups excluding carboxylic acids is 2. The second kappa shape index (κ2) is 10.3. The molecule has 0 atom stereocenters. The lowest BCUT2D eigenvalue weighted by molar-refractivity contribution is 0.102. The van der Waals surface area contributed by atoms with Crippen LogP contribution in [-0.2, 0) is 0 Å².